The monoisotopic (exact) mass is 256 g/mol. The van der Waals surface area contributed by atoms with Gasteiger partial charge in [-0.3, -0.25) is 9.78 Å². The van der Waals surface area contributed by atoms with Crippen LogP contribution >= 0.6 is 15.9 Å². The first-order valence-corrected chi connectivity index (χ1v) is 5.42. The quantitative estimate of drug-likeness (QED) is 0.845. The number of nitrogens with one attached hydrogen (secondary N) is 1. The number of alkyl halides is 1. The predicted octanol–water partition coefficient (Wildman–Crippen LogP) is 2.50. The van der Waals surface area contributed by atoms with Crippen molar-refractivity contribution in [1.29, 1.82) is 0 Å². The molecule has 1 unspecified atom stereocenters. The number of anilines is 1. The van der Waals surface area contributed by atoms with Crippen LogP contribution in [-0.4, -0.2) is 15.7 Å². The lowest BCUT2D eigenvalue weighted by atomic mass is 10.2. The van der Waals surface area contributed by atoms with Gasteiger partial charge in [-0.2, -0.15) is 0 Å². The minimum Gasteiger partial charge on any atom is -0.325 e. The molecule has 0 spiro atoms. The summed E-state index contributed by atoms with van der Waals surface area (Å²) in [5.41, 5.74) is 1.79. The number of aryl methyl sites for hydroxylation is 1. The van der Waals surface area contributed by atoms with Crippen LogP contribution in [0.1, 0.15) is 18.9 Å². The van der Waals surface area contributed by atoms with E-state index in [1.165, 1.54) is 0 Å². The summed E-state index contributed by atoms with van der Waals surface area (Å²) in [6, 6.07) is 1.79. The number of nitrogens with zero attached hydrogens (tertiary/aromatic N) is 1. The number of aromatic nitrogens is 1. The zero-order chi connectivity index (χ0) is 10.6. The summed E-state index contributed by atoms with van der Waals surface area (Å²) in [5, 5.41) is 2.84. The fourth-order valence-corrected chi connectivity index (χ4v) is 1.12. The average molecular weight is 257 g/mol. The molecule has 0 aliphatic carbocycles. The second-order valence-electron chi connectivity index (χ2n) is 3.06. The molecule has 0 saturated heterocycles. The first-order chi connectivity index (χ1) is 6.65. The summed E-state index contributed by atoms with van der Waals surface area (Å²) in [6.45, 7) is 3.87. The maximum atomic E-state index is 11.5. The van der Waals surface area contributed by atoms with Gasteiger partial charge in [-0.1, -0.05) is 22.9 Å². The van der Waals surface area contributed by atoms with Gasteiger partial charge in [-0.25, -0.2) is 0 Å². The molecule has 4 heteroatoms. The zero-order valence-corrected chi connectivity index (χ0v) is 9.84. The van der Waals surface area contributed by atoms with Crippen molar-refractivity contribution < 1.29 is 4.79 Å². The molecule has 1 rings (SSSR count). The Hall–Kier alpha value is -0.900. The highest BCUT2D eigenvalue weighted by Crippen LogP contribution is 2.14. The molecule has 0 saturated carbocycles. The third kappa shape index (κ3) is 2.80. The van der Waals surface area contributed by atoms with Gasteiger partial charge in [0.05, 0.1) is 4.83 Å². The SMILES string of the molecule is CCC(Br)C(=O)Nc1ccncc1C. The molecule has 1 aromatic heterocycles. The van der Waals surface area contributed by atoms with Crippen molar-refractivity contribution in [2.75, 3.05) is 5.32 Å². The first-order valence-electron chi connectivity index (χ1n) is 4.50. The largest absolute Gasteiger partial charge is 0.325 e. The molecule has 0 bridgehead atoms. The summed E-state index contributed by atoms with van der Waals surface area (Å²) in [7, 11) is 0. The fourth-order valence-electron chi connectivity index (χ4n) is 1.01. The molecule has 0 aromatic carbocycles. The van der Waals surface area contributed by atoms with E-state index in [4.69, 9.17) is 0 Å². The van der Waals surface area contributed by atoms with E-state index in [1.807, 2.05) is 13.8 Å². The Kier molecular flexibility index (Phi) is 4.07. The molecule has 0 aliphatic heterocycles. The molecule has 1 amide bonds. The van der Waals surface area contributed by atoms with Crippen molar-refractivity contribution >= 4 is 27.5 Å². The highest BCUT2D eigenvalue weighted by molar-refractivity contribution is 9.10. The molecule has 1 N–H and O–H groups in total. The standard InChI is InChI=1S/C10H13BrN2O/c1-3-8(11)10(14)13-9-4-5-12-6-7(9)2/h4-6,8H,3H2,1-2H3,(H,12,13,14). The number of amides is 1. The van der Waals surface area contributed by atoms with Crippen molar-refractivity contribution in [2.24, 2.45) is 0 Å². The molecule has 1 atom stereocenters. The van der Waals surface area contributed by atoms with E-state index in [2.05, 4.69) is 26.2 Å². The number of hydrogen-bond acceptors (Lipinski definition) is 2. The van der Waals surface area contributed by atoms with E-state index in [0.29, 0.717) is 0 Å². The summed E-state index contributed by atoms with van der Waals surface area (Å²) < 4.78 is 0. The Labute approximate surface area is 92.1 Å². The molecular formula is C10H13BrN2O. The first kappa shape index (κ1) is 11.2. The summed E-state index contributed by atoms with van der Waals surface area (Å²) in [6.07, 6.45) is 4.17. The predicted molar refractivity (Wildman–Crippen MR) is 60.6 cm³/mol. The molecule has 0 aliphatic rings. The van der Waals surface area contributed by atoms with Crippen LogP contribution in [0.4, 0.5) is 5.69 Å². The second-order valence-corrected chi connectivity index (χ2v) is 4.16. The zero-order valence-electron chi connectivity index (χ0n) is 8.25. The Bertz CT molecular complexity index is 328. The highest BCUT2D eigenvalue weighted by Gasteiger charge is 2.12. The van der Waals surface area contributed by atoms with Gasteiger partial charge >= 0.3 is 0 Å². The molecule has 0 radical (unpaired) electrons. The Morgan fingerprint density at radius 3 is 3.00 bits per heavy atom. The molecule has 1 heterocycles. The van der Waals surface area contributed by atoms with Crippen molar-refractivity contribution in [3.63, 3.8) is 0 Å². The summed E-state index contributed by atoms with van der Waals surface area (Å²) >= 11 is 3.30. The van der Waals surface area contributed by atoms with E-state index in [9.17, 15) is 4.79 Å². The maximum Gasteiger partial charge on any atom is 0.238 e. The molecular weight excluding hydrogens is 244 g/mol. The Balaban J connectivity index is 2.70. The minimum atomic E-state index is -0.130. The summed E-state index contributed by atoms with van der Waals surface area (Å²) in [5.74, 6) is -0.0122. The van der Waals surface area contributed by atoms with E-state index in [0.717, 1.165) is 17.7 Å². The van der Waals surface area contributed by atoms with Crippen LogP contribution in [0.15, 0.2) is 18.5 Å². The van der Waals surface area contributed by atoms with Crippen LogP contribution in [0, 0.1) is 6.92 Å². The second kappa shape index (κ2) is 5.10. The third-order valence-corrected chi connectivity index (χ3v) is 2.98. The van der Waals surface area contributed by atoms with Crippen molar-refractivity contribution in [3.8, 4) is 0 Å². The van der Waals surface area contributed by atoms with Gasteiger partial charge in [-0.15, -0.1) is 0 Å². The molecule has 1 aromatic rings. The number of hydrogen-bond donors (Lipinski definition) is 1. The Morgan fingerprint density at radius 1 is 1.71 bits per heavy atom. The van der Waals surface area contributed by atoms with Crippen LogP contribution in [0.5, 0.6) is 0 Å². The summed E-state index contributed by atoms with van der Waals surface area (Å²) in [4.78, 5) is 15.3. The van der Waals surface area contributed by atoms with Crippen molar-refractivity contribution in [2.45, 2.75) is 25.1 Å². The van der Waals surface area contributed by atoms with Gasteiger partial charge in [0, 0.05) is 18.1 Å². The number of pyridine rings is 1. The van der Waals surface area contributed by atoms with Crippen LogP contribution in [0.3, 0.4) is 0 Å². The lowest BCUT2D eigenvalue weighted by Crippen LogP contribution is -2.22. The average Bonchev–Trinajstić information content (AvgIpc) is 2.20. The maximum absolute atomic E-state index is 11.5. The third-order valence-electron chi connectivity index (χ3n) is 1.92. The van der Waals surface area contributed by atoms with Gasteiger partial charge in [0.1, 0.15) is 0 Å². The lowest BCUT2D eigenvalue weighted by molar-refractivity contribution is -0.115. The smallest absolute Gasteiger partial charge is 0.238 e. The van der Waals surface area contributed by atoms with Crippen molar-refractivity contribution in [3.05, 3.63) is 24.0 Å². The van der Waals surface area contributed by atoms with E-state index < -0.39 is 0 Å². The van der Waals surface area contributed by atoms with Gasteiger partial charge < -0.3 is 5.32 Å². The normalized spacial score (nSPS) is 12.2. The number of carbonyl (C=O) groups excluding carboxylic acids is 1. The lowest BCUT2D eigenvalue weighted by Gasteiger charge is -2.10. The number of rotatable bonds is 3. The highest BCUT2D eigenvalue weighted by atomic mass is 79.9. The van der Waals surface area contributed by atoms with Gasteiger partial charge in [-0.05, 0) is 25.0 Å². The Morgan fingerprint density at radius 2 is 2.43 bits per heavy atom. The van der Waals surface area contributed by atoms with Gasteiger partial charge in [0.15, 0.2) is 0 Å². The van der Waals surface area contributed by atoms with Gasteiger partial charge in [0.2, 0.25) is 5.91 Å². The molecule has 76 valence electrons. The van der Waals surface area contributed by atoms with Gasteiger partial charge in [0.25, 0.3) is 0 Å². The van der Waals surface area contributed by atoms with E-state index >= 15 is 0 Å². The fraction of sp³-hybridized carbons (Fsp3) is 0.400. The van der Waals surface area contributed by atoms with Crippen LogP contribution in [0.25, 0.3) is 0 Å². The van der Waals surface area contributed by atoms with E-state index in [1.54, 1.807) is 18.5 Å². The topological polar surface area (TPSA) is 42.0 Å². The number of halogens is 1. The molecule has 14 heavy (non-hydrogen) atoms. The van der Waals surface area contributed by atoms with Crippen molar-refractivity contribution in [1.82, 2.24) is 4.98 Å². The van der Waals surface area contributed by atoms with Crippen LogP contribution in [-0.2, 0) is 4.79 Å². The van der Waals surface area contributed by atoms with Crippen LogP contribution < -0.4 is 5.32 Å². The molecule has 3 nitrogen and oxygen atoms in total. The number of carbonyl (C=O) groups is 1. The van der Waals surface area contributed by atoms with Crippen LogP contribution in [0.2, 0.25) is 0 Å². The van der Waals surface area contributed by atoms with E-state index in [-0.39, 0.29) is 10.7 Å². The minimum absolute atomic E-state index is 0.0122. The molecule has 0 fully saturated rings.